The van der Waals surface area contributed by atoms with Gasteiger partial charge in [0.1, 0.15) is 0 Å². The van der Waals surface area contributed by atoms with Crippen molar-refractivity contribution in [3.63, 3.8) is 0 Å². The highest BCUT2D eigenvalue weighted by atomic mass is 35.5. The maximum atomic E-state index is 13.5. The lowest BCUT2D eigenvalue weighted by Crippen LogP contribution is -2.36. The molecular weight excluding hydrogens is 366 g/mol. The molecule has 1 aliphatic heterocycles. The van der Waals surface area contributed by atoms with E-state index >= 15 is 0 Å². The third kappa shape index (κ3) is 3.62. The molecule has 5 nitrogen and oxygen atoms in total. The van der Waals surface area contributed by atoms with Gasteiger partial charge in [0.05, 0.1) is 10.7 Å². The van der Waals surface area contributed by atoms with E-state index in [1.54, 1.807) is 9.88 Å². The predicted octanol–water partition coefficient (Wildman–Crippen LogP) is 2.85. The van der Waals surface area contributed by atoms with Crippen molar-refractivity contribution in [2.75, 3.05) is 6.54 Å². The number of phenolic OH excluding ortho intramolecular Hbond substituents is 1. The third-order valence-corrected chi connectivity index (χ3v) is 4.19. The standard InChI is InChI=1S/C15H12ClF4N3O2/c16-9-3-7(4-10(17)12(9)24)5-23-2-1-8-11(6-23)21-14(15(18,19)20)22-13(8)25/h3-4,24H,1-2,5-6H2,(H,21,22,25). The fraction of sp³-hybridized carbons (Fsp3) is 0.333. The molecule has 10 heteroatoms. The molecule has 0 fully saturated rings. The number of alkyl halides is 3. The number of phenols is 1. The van der Waals surface area contributed by atoms with E-state index < -0.39 is 29.1 Å². The van der Waals surface area contributed by atoms with E-state index in [1.165, 1.54) is 6.07 Å². The van der Waals surface area contributed by atoms with Crippen LogP contribution in [0.5, 0.6) is 5.75 Å². The second kappa shape index (κ2) is 6.30. The molecule has 1 aliphatic rings. The van der Waals surface area contributed by atoms with Crippen molar-refractivity contribution < 1.29 is 22.7 Å². The largest absolute Gasteiger partial charge is 0.504 e. The Balaban J connectivity index is 1.86. The van der Waals surface area contributed by atoms with Crippen molar-refractivity contribution in [3.05, 3.63) is 56.0 Å². The number of nitrogens with one attached hydrogen (secondary N) is 1. The number of aromatic nitrogens is 2. The number of fused-ring (bicyclic) bond motifs is 1. The van der Waals surface area contributed by atoms with Crippen LogP contribution in [0.2, 0.25) is 5.02 Å². The first kappa shape index (κ1) is 17.7. The number of nitrogens with zero attached hydrogens (tertiary/aromatic N) is 2. The van der Waals surface area contributed by atoms with E-state index in [0.29, 0.717) is 12.1 Å². The van der Waals surface area contributed by atoms with Crippen molar-refractivity contribution in [2.45, 2.75) is 25.7 Å². The van der Waals surface area contributed by atoms with Crippen LogP contribution in [0.1, 0.15) is 22.6 Å². The molecule has 1 aromatic heterocycles. The van der Waals surface area contributed by atoms with Crippen LogP contribution >= 0.6 is 11.6 Å². The third-order valence-electron chi connectivity index (χ3n) is 3.90. The average molecular weight is 378 g/mol. The van der Waals surface area contributed by atoms with Gasteiger partial charge in [-0.05, 0) is 24.1 Å². The molecule has 0 saturated carbocycles. The number of benzene rings is 1. The highest BCUT2D eigenvalue weighted by molar-refractivity contribution is 6.32. The minimum Gasteiger partial charge on any atom is -0.504 e. The number of hydrogen-bond acceptors (Lipinski definition) is 4. The molecule has 25 heavy (non-hydrogen) atoms. The first-order chi connectivity index (χ1) is 11.6. The smallest absolute Gasteiger partial charge is 0.449 e. The summed E-state index contributed by atoms with van der Waals surface area (Å²) in [6, 6.07) is 2.48. The maximum absolute atomic E-state index is 13.5. The molecule has 0 bridgehead atoms. The zero-order valence-electron chi connectivity index (χ0n) is 12.6. The molecule has 0 aliphatic carbocycles. The Morgan fingerprint density at radius 1 is 1.36 bits per heavy atom. The lowest BCUT2D eigenvalue weighted by molar-refractivity contribution is -0.145. The highest BCUT2D eigenvalue weighted by Crippen LogP contribution is 2.29. The summed E-state index contributed by atoms with van der Waals surface area (Å²) in [6.45, 7) is 0.595. The van der Waals surface area contributed by atoms with Crippen LogP contribution < -0.4 is 5.56 Å². The van der Waals surface area contributed by atoms with Gasteiger partial charge in [-0.3, -0.25) is 9.69 Å². The predicted molar refractivity (Wildman–Crippen MR) is 80.8 cm³/mol. The zero-order valence-corrected chi connectivity index (χ0v) is 13.4. The number of hydrogen-bond donors (Lipinski definition) is 2. The molecule has 0 radical (unpaired) electrons. The fourth-order valence-corrected chi connectivity index (χ4v) is 2.96. The summed E-state index contributed by atoms with van der Waals surface area (Å²) in [5, 5.41) is 9.18. The van der Waals surface area contributed by atoms with Gasteiger partial charge in [0.2, 0.25) is 5.82 Å². The summed E-state index contributed by atoms with van der Waals surface area (Å²) in [5.74, 6) is -2.87. The van der Waals surface area contributed by atoms with E-state index in [2.05, 4.69) is 4.98 Å². The lowest BCUT2D eigenvalue weighted by Gasteiger charge is -2.28. The van der Waals surface area contributed by atoms with Crippen LogP contribution in [-0.2, 0) is 25.7 Å². The molecule has 0 amide bonds. The summed E-state index contributed by atoms with van der Waals surface area (Å²) in [4.78, 5) is 18.8. The quantitative estimate of drug-likeness (QED) is 0.790. The van der Waals surface area contributed by atoms with Crippen LogP contribution in [0, 0.1) is 5.82 Å². The van der Waals surface area contributed by atoms with Crippen LogP contribution in [0.4, 0.5) is 17.6 Å². The van der Waals surface area contributed by atoms with Gasteiger partial charge in [0.15, 0.2) is 11.6 Å². The Bertz CT molecular complexity index is 859. The molecule has 2 N–H and O–H groups in total. The number of halogens is 5. The summed E-state index contributed by atoms with van der Waals surface area (Å²) in [6.07, 6.45) is -4.52. The second-order valence-corrected chi connectivity index (χ2v) is 6.11. The molecule has 1 aromatic carbocycles. The van der Waals surface area contributed by atoms with Crippen molar-refractivity contribution in [3.8, 4) is 5.75 Å². The lowest BCUT2D eigenvalue weighted by atomic mass is 10.1. The first-order valence-electron chi connectivity index (χ1n) is 7.23. The molecule has 0 saturated heterocycles. The normalized spacial score (nSPS) is 15.2. The molecule has 2 heterocycles. The molecule has 2 aromatic rings. The van der Waals surface area contributed by atoms with Crippen LogP contribution in [0.25, 0.3) is 0 Å². The fourth-order valence-electron chi connectivity index (χ4n) is 2.73. The average Bonchev–Trinajstić information content (AvgIpc) is 2.51. The van der Waals surface area contributed by atoms with Gasteiger partial charge >= 0.3 is 6.18 Å². The number of aromatic amines is 1. The minimum absolute atomic E-state index is 0.0163. The van der Waals surface area contributed by atoms with E-state index in [-0.39, 0.29) is 35.8 Å². The topological polar surface area (TPSA) is 69.2 Å². The Labute approximate surface area is 143 Å². The minimum atomic E-state index is -4.75. The molecule has 134 valence electrons. The van der Waals surface area contributed by atoms with Crippen LogP contribution in [-0.4, -0.2) is 26.5 Å². The first-order valence-corrected chi connectivity index (χ1v) is 7.61. The Morgan fingerprint density at radius 3 is 2.72 bits per heavy atom. The molecule has 0 unspecified atom stereocenters. The molecule has 3 rings (SSSR count). The van der Waals surface area contributed by atoms with Gasteiger partial charge in [-0.1, -0.05) is 11.6 Å². The molecule has 0 spiro atoms. The van der Waals surface area contributed by atoms with E-state index in [4.69, 9.17) is 11.6 Å². The molecule has 0 atom stereocenters. The maximum Gasteiger partial charge on any atom is 0.449 e. The van der Waals surface area contributed by atoms with Crippen molar-refractivity contribution in [2.24, 2.45) is 0 Å². The molecular formula is C15H12ClF4N3O2. The van der Waals surface area contributed by atoms with E-state index in [9.17, 15) is 27.5 Å². The van der Waals surface area contributed by atoms with Gasteiger partial charge in [-0.2, -0.15) is 13.2 Å². The van der Waals surface area contributed by atoms with Crippen molar-refractivity contribution in [1.82, 2.24) is 14.9 Å². The Hall–Kier alpha value is -2.13. The second-order valence-electron chi connectivity index (χ2n) is 5.71. The summed E-state index contributed by atoms with van der Waals surface area (Å²) in [5.41, 5.74) is -0.0767. The number of aromatic hydroxyl groups is 1. The van der Waals surface area contributed by atoms with Crippen molar-refractivity contribution in [1.29, 1.82) is 0 Å². The van der Waals surface area contributed by atoms with Crippen LogP contribution in [0.3, 0.4) is 0 Å². The van der Waals surface area contributed by atoms with E-state index in [0.717, 1.165) is 6.07 Å². The van der Waals surface area contributed by atoms with Gasteiger partial charge in [-0.25, -0.2) is 9.37 Å². The Morgan fingerprint density at radius 2 is 2.08 bits per heavy atom. The van der Waals surface area contributed by atoms with Crippen LogP contribution in [0.15, 0.2) is 16.9 Å². The van der Waals surface area contributed by atoms with E-state index in [1.807, 2.05) is 0 Å². The monoisotopic (exact) mass is 377 g/mol. The van der Waals surface area contributed by atoms with Crippen molar-refractivity contribution >= 4 is 11.6 Å². The SMILES string of the molecule is O=c1[nH]c(C(F)(F)F)nc2c1CCN(Cc1cc(F)c(O)c(Cl)c1)C2. The van der Waals surface area contributed by atoms with Gasteiger partial charge < -0.3 is 10.1 Å². The number of rotatable bonds is 2. The summed E-state index contributed by atoms with van der Waals surface area (Å²) in [7, 11) is 0. The highest BCUT2D eigenvalue weighted by Gasteiger charge is 2.36. The van der Waals surface area contributed by atoms with Gasteiger partial charge in [0, 0.05) is 25.2 Å². The zero-order chi connectivity index (χ0) is 18.4. The number of H-pyrrole nitrogens is 1. The summed E-state index contributed by atoms with van der Waals surface area (Å²) >= 11 is 5.72. The summed E-state index contributed by atoms with van der Waals surface area (Å²) < 4.78 is 51.9. The Kier molecular flexibility index (Phi) is 4.46. The van der Waals surface area contributed by atoms with Gasteiger partial charge in [0.25, 0.3) is 5.56 Å². The van der Waals surface area contributed by atoms with Gasteiger partial charge in [-0.15, -0.1) is 0 Å².